The first-order chi connectivity index (χ1) is 12.4. The summed E-state index contributed by atoms with van der Waals surface area (Å²) in [6.07, 6.45) is 4.71. The van der Waals surface area contributed by atoms with Crippen LogP contribution in [0.2, 0.25) is 0 Å². The lowest BCUT2D eigenvalue weighted by Gasteiger charge is -2.23. The van der Waals surface area contributed by atoms with Crippen LogP contribution < -0.4 is 10.1 Å². The van der Waals surface area contributed by atoms with E-state index in [4.69, 9.17) is 4.74 Å². The van der Waals surface area contributed by atoms with Gasteiger partial charge in [0.05, 0.1) is 6.61 Å². The van der Waals surface area contributed by atoms with Gasteiger partial charge in [0, 0.05) is 26.1 Å². The Balaban J connectivity index is 1.69. The summed E-state index contributed by atoms with van der Waals surface area (Å²) in [5.74, 6) is 1.31. The van der Waals surface area contributed by atoms with Crippen molar-refractivity contribution in [3.05, 3.63) is 29.3 Å². The fourth-order valence-corrected chi connectivity index (χ4v) is 3.35. The topological polar surface area (TPSA) is 41.6 Å². The maximum atomic E-state index is 12.3. The quantitative estimate of drug-likeness (QED) is 0.746. The van der Waals surface area contributed by atoms with Crippen LogP contribution in [0.3, 0.4) is 0 Å². The maximum absolute atomic E-state index is 12.3. The van der Waals surface area contributed by atoms with Crippen molar-refractivity contribution >= 4 is 5.91 Å². The number of nitrogens with one attached hydrogen (secondary N) is 1. The standard InChI is InChI=1S/C22H36N2O2/c1-18-10-11-20(19(17-18)22(2,3)4)26-16-7-5-6-9-21(25)24-14-8-12-23-13-15-24/h10-11,17,23H,5-9,12-16H2,1-4H3. The van der Waals surface area contributed by atoms with Crippen LogP contribution >= 0.6 is 0 Å². The monoisotopic (exact) mass is 360 g/mol. The van der Waals surface area contributed by atoms with Gasteiger partial charge in [-0.05, 0) is 56.2 Å². The molecular weight excluding hydrogens is 324 g/mol. The summed E-state index contributed by atoms with van der Waals surface area (Å²) in [6, 6.07) is 6.43. The van der Waals surface area contributed by atoms with Crippen molar-refractivity contribution < 1.29 is 9.53 Å². The van der Waals surface area contributed by atoms with E-state index in [0.717, 1.165) is 57.6 Å². The fraction of sp³-hybridized carbons (Fsp3) is 0.682. The number of carbonyl (C=O) groups excluding carboxylic acids is 1. The molecule has 1 saturated heterocycles. The second-order valence-corrected chi connectivity index (χ2v) is 8.39. The van der Waals surface area contributed by atoms with E-state index in [-0.39, 0.29) is 5.41 Å². The molecule has 1 aliphatic rings. The van der Waals surface area contributed by atoms with Crippen LogP contribution in [0.25, 0.3) is 0 Å². The highest BCUT2D eigenvalue weighted by Crippen LogP contribution is 2.32. The second-order valence-electron chi connectivity index (χ2n) is 8.39. The summed E-state index contributed by atoms with van der Waals surface area (Å²) < 4.78 is 6.05. The van der Waals surface area contributed by atoms with Crippen LogP contribution in [0.4, 0.5) is 0 Å². The van der Waals surface area contributed by atoms with Gasteiger partial charge in [-0.3, -0.25) is 4.79 Å². The second kappa shape index (κ2) is 9.96. The maximum Gasteiger partial charge on any atom is 0.222 e. The predicted octanol–water partition coefficient (Wildman–Crippen LogP) is 4.05. The Labute approximate surface area is 159 Å². The van der Waals surface area contributed by atoms with Crippen molar-refractivity contribution in [1.29, 1.82) is 0 Å². The molecule has 1 fully saturated rings. The molecule has 26 heavy (non-hydrogen) atoms. The Morgan fingerprint density at radius 1 is 1.15 bits per heavy atom. The molecule has 0 radical (unpaired) electrons. The summed E-state index contributed by atoms with van der Waals surface area (Å²) in [5.41, 5.74) is 2.61. The minimum absolute atomic E-state index is 0.0792. The molecule has 0 aromatic heterocycles. The first-order valence-corrected chi connectivity index (χ1v) is 10.1. The molecule has 4 heteroatoms. The summed E-state index contributed by atoms with van der Waals surface area (Å²) in [4.78, 5) is 14.3. The Morgan fingerprint density at radius 2 is 1.96 bits per heavy atom. The van der Waals surface area contributed by atoms with Gasteiger partial charge in [-0.1, -0.05) is 38.5 Å². The third-order valence-electron chi connectivity index (χ3n) is 4.93. The third-order valence-corrected chi connectivity index (χ3v) is 4.93. The molecule has 146 valence electrons. The molecule has 1 heterocycles. The molecular formula is C22H36N2O2. The number of carbonyl (C=O) groups is 1. The molecule has 2 rings (SSSR count). The molecule has 0 saturated carbocycles. The first-order valence-electron chi connectivity index (χ1n) is 10.1. The Hall–Kier alpha value is -1.55. The van der Waals surface area contributed by atoms with Gasteiger partial charge in [-0.15, -0.1) is 0 Å². The largest absolute Gasteiger partial charge is 0.493 e. The molecule has 1 aliphatic heterocycles. The molecule has 0 unspecified atom stereocenters. The van der Waals surface area contributed by atoms with E-state index in [1.165, 1.54) is 11.1 Å². The summed E-state index contributed by atoms with van der Waals surface area (Å²) in [7, 11) is 0. The molecule has 1 aromatic carbocycles. The van der Waals surface area contributed by atoms with Gasteiger partial charge >= 0.3 is 0 Å². The molecule has 4 nitrogen and oxygen atoms in total. The van der Waals surface area contributed by atoms with Gasteiger partial charge in [-0.25, -0.2) is 0 Å². The smallest absolute Gasteiger partial charge is 0.222 e. The van der Waals surface area contributed by atoms with Crippen LogP contribution in [0.1, 0.15) is 64.0 Å². The summed E-state index contributed by atoms with van der Waals surface area (Å²) >= 11 is 0. The van der Waals surface area contributed by atoms with Gasteiger partial charge in [-0.2, -0.15) is 0 Å². The average Bonchev–Trinajstić information content (AvgIpc) is 2.87. The number of ether oxygens (including phenoxy) is 1. The lowest BCUT2D eigenvalue weighted by atomic mass is 9.85. The summed E-state index contributed by atoms with van der Waals surface area (Å²) in [6.45, 7) is 13.2. The van der Waals surface area contributed by atoms with Gasteiger partial charge in [0.2, 0.25) is 5.91 Å². The lowest BCUT2D eigenvalue weighted by molar-refractivity contribution is -0.131. The SMILES string of the molecule is Cc1ccc(OCCCCCC(=O)N2CCCNCC2)c(C(C)(C)C)c1. The normalized spacial score (nSPS) is 15.6. The van der Waals surface area contributed by atoms with Crippen LogP contribution in [0.5, 0.6) is 5.75 Å². The highest BCUT2D eigenvalue weighted by molar-refractivity contribution is 5.76. The van der Waals surface area contributed by atoms with Crippen LogP contribution in [0.15, 0.2) is 18.2 Å². The Morgan fingerprint density at radius 3 is 2.73 bits per heavy atom. The van der Waals surface area contributed by atoms with Crippen LogP contribution in [0, 0.1) is 6.92 Å². The van der Waals surface area contributed by atoms with Gasteiger partial charge in [0.1, 0.15) is 5.75 Å². The zero-order chi connectivity index (χ0) is 19.0. The number of aryl methyl sites for hydroxylation is 1. The van der Waals surface area contributed by atoms with Crippen LogP contribution in [-0.4, -0.2) is 43.6 Å². The first kappa shape index (κ1) is 20.8. The van der Waals surface area contributed by atoms with Crippen LogP contribution in [-0.2, 0) is 10.2 Å². The van der Waals surface area contributed by atoms with Crippen molar-refractivity contribution in [3.63, 3.8) is 0 Å². The minimum atomic E-state index is 0.0792. The number of hydrogen-bond donors (Lipinski definition) is 1. The van der Waals surface area contributed by atoms with E-state index in [1.54, 1.807) is 0 Å². The number of unbranched alkanes of at least 4 members (excludes halogenated alkanes) is 2. The fourth-order valence-electron chi connectivity index (χ4n) is 3.35. The average molecular weight is 361 g/mol. The molecule has 0 aliphatic carbocycles. The molecule has 1 N–H and O–H groups in total. The number of amides is 1. The van der Waals surface area contributed by atoms with Gasteiger partial charge in [0.15, 0.2) is 0 Å². The molecule has 1 amide bonds. The van der Waals surface area contributed by atoms with E-state index in [2.05, 4.69) is 51.2 Å². The van der Waals surface area contributed by atoms with Crippen molar-refractivity contribution in [2.24, 2.45) is 0 Å². The Bertz CT molecular complexity index is 570. The van der Waals surface area contributed by atoms with Gasteiger partial charge < -0.3 is 15.0 Å². The number of rotatable bonds is 7. The van der Waals surface area contributed by atoms with Crippen molar-refractivity contribution in [2.45, 2.75) is 65.2 Å². The van der Waals surface area contributed by atoms with E-state index < -0.39 is 0 Å². The molecule has 1 aromatic rings. The van der Waals surface area contributed by atoms with E-state index >= 15 is 0 Å². The molecule has 0 atom stereocenters. The number of nitrogens with zero attached hydrogens (tertiary/aromatic N) is 1. The summed E-state index contributed by atoms with van der Waals surface area (Å²) in [5, 5.41) is 3.34. The van der Waals surface area contributed by atoms with Crippen molar-refractivity contribution in [1.82, 2.24) is 10.2 Å². The minimum Gasteiger partial charge on any atom is -0.493 e. The van der Waals surface area contributed by atoms with Gasteiger partial charge in [0.25, 0.3) is 0 Å². The predicted molar refractivity (Wildman–Crippen MR) is 108 cm³/mol. The zero-order valence-electron chi connectivity index (χ0n) is 17.1. The number of benzene rings is 1. The van der Waals surface area contributed by atoms with E-state index in [1.807, 2.05) is 4.90 Å². The van der Waals surface area contributed by atoms with Crippen molar-refractivity contribution in [2.75, 3.05) is 32.8 Å². The highest BCUT2D eigenvalue weighted by Gasteiger charge is 2.19. The number of hydrogen-bond acceptors (Lipinski definition) is 3. The van der Waals surface area contributed by atoms with E-state index in [0.29, 0.717) is 18.9 Å². The van der Waals surface area contributed by atoms with Crippen molar-refractivity contribution in [3.8, 4) is 5.75 Å². The molecule has 0 spiro atoms. The lowest BCUT2D eigenvalue weighted by Crippen LogP contribution is -2.33. The zero-order valence-corrected chi connectivity index (χ0v) is 17.1. The third kappa shape index (κ3) is 6.64. The highest BCUT2D eigenvalue weighted by atomic mass is 16.5. The Kier molecular flexibility index (Phi) is 7.95. The van der Waals surface area contributed by atoms with E-state index in [9.17, 15) is 4.79 Å². The molecule has 0 bridgehead atoms.